The quantitative estimate of drug-likeness (QED) is 0.550. The maximum atomic E-state index is 11.0. The van der Waals surface area contributed by atoms with Crippen molar-refractivity contribution >= 4 is 5.69 Å². The molecule has 4 nitrogen and oxygen atoms in total. The molecule has 1 aromatic rings. The highest BCUT2D eigenvalue weighted by Gasteiger charge is 2.13. The summed E-state index contributed by atoms with van der Waals surface area (Å²) in [7, 11) is 0. The SMILES string of the molecule is CCNC(CCCc1ccccc1[N+](=O)[O-])CC(C)C. The van der Waals surface area contributed by atoms with Crippen molar-refractivity contribution in [2.24, 2.45) is 5.92 Å². The summed E-state index contributed by atoms with van der Waals surface area (Å²) in [6, 6.07) is 7.57. The van der Waals surface area contributed by atoms with Gasteiger partial charge < -0.3 is 5.32 Å². The van der Waals surface area contributed by atoms with E-state index in [4.69, 9.17) is 0 Å². The van der Waals surface area contributed by atoms with E-state index in [0.29, 0.717) is 12.0 Å². The molecule has 0 aliphatic rings. The summed E-state index contributed by atoms with van der Waals surface area (Å²) in [5.41, 5.74) is 1.09. The van der Waals surface area contributed by atoms with E-state index >= 15 is 0 Å². The lowest BCUT2D eigenvalue weighted by Crippen LogP contribution is -2.30. The molecule has 0 fully saturated rings. The monoisotopic (exact) mass is 278 g/mol. The van der Waals surface area contributed by atoms with Crippen molar-refractivity contribution in [3.05, 3.63) is 39.9 Å². The lowest BCUT2D eigenvalue weighted by atomic mass is 9.97. The lowest BCUT2D eigenvalue weighted by molar-refractivity contribution is -0.385. The third-order valence-electron chi connectivity index (χ3n) is 3.44. The summed E-state index contributed by atoms with van der Waals surface area (Å²) in [4.78, 5) is 10.7. The number of benzene rings is 1. The molecule has 0 heterocycles. The zero-order valence-electron chi connectivity index (χ0n) is 12.8. The third-order valence-corrected chi connectivity index (χ3v) is 3.44. The molecule has 1 rings (SSSR count). The Hall–Kier alpha value is -1.42. The third kappa shape index (κ3) is 5.70. The van der Waals surface area contributed by atoms with Crippen LogP contribution in [0.25, 0.3) is 0 Å². The number of nitro groups is 1. The summed E-state index contributed by atoms with van der Waals surface area (Å²) in [6.45, 7) is 7.55. The van der Waals surface area contributed by atoms with Crippen LogP contribution < -0.4 is 5.32 Å². The van der Waals surface area contributed by atoms with Gasteiger partial charge in [-0.1, -0.05) is 39.0 Å². The molecular formula is C16H26N2O2. The van der Waals surface area contributed by atoms with Crippen molar-refractivity contribution in [1.29, 1.82) is 0 Å². The van der Waals surface area contributed by atoms with Crippen LogP contribution >= 0.6 is 0 Å². The number of hydrogen-bond acceptors (Lipinski definition) is 3. The van der Waals surface area contributed by atoms with Gasteiger partial charge >= 0.3 is 0 Å². The Morgan fingerprint density at radius 1 is 1.30 bits per heavy atom. The Kier molecular flexibility index (Phi) is 7.23. The Labute approximate surface area is 121 Å². The number of nitrogens with zero attached hydrogens (tertiary/aromatic N) is 1. The highest BCUT2D eigenvalue weighted by molar-refractivity contribution is 5.39. The molecule has 0 amide bonds. The molecule has 0 aliphatic carbocycles. The van der Waals surface area contributed by atoms with Gasteiger partial charge in [0.1, 0.15) is 0 Å². The molecule has 1 N–H and O–H groups in total. The number of nitro benzene ring substituents is 1. The van der Waals surface area contributed by atoms with Gasteiger partial charge in [0, 0.05) is 17.7 Å². The minimum Gasteiger partial charge on any atom is -0.314 e. The predicted molar refractivity (Wildman–Crippen MR) is 83.0 cm³/mol. The van der Waals surface area contributed by atoms with Gasteiger partial charge in [0.2, 0.25) is 0 Å². The van der Waals surface area contributed by atoms with Crippen molar-refractivity contribution in [1.82, 2.24) is 5.32 Å². The average Bonchev–Trinajstić information content (AvgIpc) is 2.38. The van der Waals surface area contributed by atoms with Gasteiger partial charge in [-0.25, -0.2) is 0 Å². The first-order valence-corrected chi connectivity index (χ1v) is 7.50. The molecular weight excluding hydrogens is 252 g/mol. The molecule has 0 spiro atoms. The van der Waals surface area contributed by atoms with Crippen LogP contribution in [0.15, 0.2) is 24.3 Å². The molecule has 1 aromatic carbocycles. The number of aryl methyl sites for hydroxylation is 1. The molecule has 20 heavy (non-hydrogen) atoms. The molecule has 0 aromatic heterocycles. The van der Waals surface area contributed by atoms with E-state index in [1.165, 1.54) is 0 Å². The van der Waals surface area contributed by atoms with Gasteiger partial charge in [0.15, 0.2) is 0 Å². The first-order chi connectivity index (χ1) is 9.54. The van der Waals surface area contributed by atoms with Crippen LogP contribution in [-0.4, -0.2) is 17.5 Å². The van der Waals surface area contributed by atoms with Crippen LogP contribution in [-0.2, 0) is 6.42 Å². The minimum absolute atomic E-state index is 0.247. The van der Waals surface area contributed by atoms with Gasteiger partial charge in [-0.2, -0.15) is 0 Å². The highest BCUT2D eigenvalue weighted by Crippen LogP contribution is 2.20. The van der Waals surface area contributed by atoms with E-state index in [9.17, 15) is 10.1 Å². The molecule has 0 saturated heterocycles. The summed E-state index contributed by atoms with van der Waals surface area (Å²) < 4.78 is 0. The Bertz CT molecular complexity index is 419. The van der Waals surface area contributed by atoms with Crippen LogP contribution in [0, 0.1) is 16.0 Å². The van der Waals surface area contributed by atoms with E-state index in [-0.39, 0.29) is 10.6 Å². The molecule has 0 bridgehead atoms. The fourth-order valence-electron chi connectivity index (χ4n) is 2.60. The van der Waals surface area contributed by atoms with Gasteiger partial charge in [-0.15, -0.1) is 0 Å². The van der Waals surface area contributed by atoms with Gasteiger partial charge in [-0.3, -0.25) is 10.1 Å². The van der Waals surface area contributed by atoms with Crippen LogP contribution in [0.3, 0.4) is 0 Å². The number of rotatable bonds is 9. The molecule has 0 saturated carbocycles. The normalized spacial score (nSPS) is 12.6. The van der Waals surface area contributed by atoms with Crippen LogP contribution in [0.2, 0.25) is 0 Å². The zero-order chi connectivity index (χ0) is 15.0. The van der Waals surface area contributed by atoms with Crippen molar-refractivity contribution in [3.8, 4) is 0 Å². The standard InChI is InChI=1S/C16H26N2O2/c1-4-17-15(12-13(2)3)10-7-9-14-8-5-6-11-16(14)18(19)20/h5-6,8,11,13,15,17H,4,7,9-10,12H2,1-3H3. The van der Waals surface area contributed by atoms with E-state index in [0.717, 1.165) is 37.8 Å². The second-order valence-corrected chi connectivity index (χ2v) is 5.66. The van der Waals surface area contributed by atoms with Gasteiger partial charge in [0.05, 0.1) is 4.92 Å². The Morgan fingerprint density at radius 3 is 2.60 bits per heavy atom. The fourth-order valence-corrected chi connectivity index (χ4v) is 2.60. The molecule has 0 aliphatic heterocycles. The molecule has 112 valence electrons. The van der Waals surface area contributed by atoms with E-state index in [1.807, 2.05) is 12.1 Å². The molecule has 1 unspecified atom stereocenters. The topological polar surface area (TPSA) is 55.2 Å². The zero-order valence-corrected chi connectivity index (χ0v) is 12.8. The Balaban J connectivity index is 2.52. The smallest absolute Gasteiger partial charge is 0.272 e. The Morgan fingerprint density at radius 2 is 2.00 bits per heavy atom. The van der Waals surface area contributed by atoms with Crippen molar-refractivity contribution in [2.45, 2.75) is 52.5 Å². The summed E-state index contributed by atoms with van der Waals surface area (Å²) >= 11 is 0. The number of nitrogens with one attached hydrogen (secondary N) is 1. The highest BCUT2D eigenvalue weighted by atomic mass is 16.6. The van der Waals surface area contributed by atoms with Crippen LogP contribution in [0.4, 0.5) is 5.69 Å². The maximum Gasteiger partial charge on any atom is 0.272 e. The second kappa shape index (κ2) is 8.69. The maximum absolute atomic E-state index is 11.0. The molecule has 1 atom stereocenters. The van der Waals surface area contributed by atoms with E-state index in [2.05, 4.69) is 26.1 Å². The largest absolute Gasteiger partial charge is 0.314 e. The van der Waals surface area contributed by atoms with Crippen LogP contribution in [0.5, 0.6) is 0 Å². The first kappa shape index (κ1) is 16.6. The summed E-state index contributed by atoms with van der Waals surface area (Å²) in [5, 5.41) is 14.5. The second-order valence-electron chi connectivity index (χ2n) is 5.66. The van der Waals surface area contributed by atoms with Crippen LogP contribution in [0.1, 0.15) is 45.6 Å². The van der Waals surface area contributed by atoms with E-state index in [1.54, 1.807) is 12.1 Å². The lowest BCUT2D eigenvalue weighted by Gasteiger charge is -2.19. The summed E-state index contributed by atoms with van der Waals surface area (Å²) in [5.74, 6) is 0.671. The van der Waals surface area contributed by atoms with Gasteiger partial charge in [-0.05, 0) is 38.1 Å². The van der Waals surface area contributed by atoms with Gasteiger partial charge in [0.25, 0.3) is 5.69 Å². The molecule has 4 heteroatoms. The summed E-state index contributed by atoms with van der Waals surface area (Å²) in [6.07, 6.45) is 3.98. The van der Waals surface area contributed by atoms with E-state index < -0.39 is 0 Å². The molecule has 0 radical (unpaired) electrons. The number of hydrogen-bond donors (Lipinski definition) is 1. The van der Waals surface area contributed by atoms with Crippen molar-refractivity contribution in [2.75, 3.05) is 6.54 Å². The number of para-hydroxylation sites is 1. The predicted octanol–water partition coefficient (Wildman–Crippen LogP) is 3.94. The average molecular weight is 278 g/mol. The fraction of sp³-hybridized carbons (Fsp3) is 0.625. The minimum atomic E-state index is -0.286. The first-order valence-electron chi connectivity index (χ1n) is 7.50. The van der Waals surface area contributed by atoms with Crippen molar-refractivity contribution in [3.63, 3.8) is 0 Å². The van der Waals surface area contributed by atoms with Crippen molar-refractivity contribution < 1.29 is 4.92 Å².